The van der Waals surface area contributed by atoms with Gasteiger partial charge in [0, 0.05) is 16.8 Å². The molecule has 1 amide bonds. The number of amides is 1. The molecular weight excluding hydrogens is 230 g/mol. The highest BCUT2D eigenvalue weighted by Gasteiger charge is 2.31. The molecule has 0 aromatic heterocycles. The van der Waals surface area contributed by atoms with Crippen molar-refractivity contribution in [1.82, 2.24) is 5.32 Å². The van der Waals surface area contributed by atoms with Crippen molar-refractivity contribution < 1.29 is 18.9 Å². The van der Waals surface area contributed by atoms with Gasteiger partial charge in [-0.2, -0.15) is 0 Å². The zero-order chi connectivity index (χ0) is 12.3. The minimum Gasteiger partial charge on any atom is -0.480 e. The summed E-state index contributed by atoms with van der Waals surface area (Å²) in [6.45, 7) is 3.38. The molecule has 1 fully saturated rings. The van der Waals surface area contributed by atoms with Gasteiger partial charge >= 0.3 is 5.97 Å². The fourth-order valence-corrected chi connectivity index (χ4v) is 2.77. The van der Waals surface area contributed by atoms with E-state index in [4.69, 9.17) is 5.11 Å². The van der Waals surface area contributed by atoms with Crippen LogP contribution in [0.1, 0.15) is 26.7 Å². The van der Waals surface area contributed by atoms with Crippen molar-refractivity contribution in [2.75, 3.05) is 5.75 Å². The summed E-state index contributed by atoms with van der Waals surface area (Å²) >= 11 is 0. The van der Waals surface area contributed by atoms with E-state index in [1.165, 1.54) is 0 Å². The molecule has 6 heteroatoms. The van der Waals surface area contributed by atoms with E-state index in [0.29, 0.717) is 0 Å². The predicted molar refractivity (Wildman–Crippen MR) is 60.4 cm³/mol. The fourth-order valence-electron chi connectivity index (χ4n) is 1.42. The molecule has 2 unspecified atom stereocenters. The first-order valence-electron chi connectivity index (χ1n) is 5.31. The Morgan fingerprint density at radius 1 is 1.44 bits per heavy atom. The third-order valence-electron chi connectivity index (χ3n) is 2.35. The van der Waals surface area contributed by atoms with Crippen LogP contribution in [0.15, 0.2) is 0 Å². The number of carbonyl (C=O) groups excluding carboxylic acids is 1. The Hall–Kier alpha value is -0.910. The summed E-state index contributed by atoms with van der Waals surface area (Å²) in [5.41, 5.74) is 0. The topological polar surface area (TPSA) is 83.5 Å². The molecule has 16 heavy (non-hydrogen) atoms. The second kappa shape index (κ2) is 5.43. The Balaban J connectivity index is 2.47. The van der Waals surface area contributed by atoms with E-state index in [0.717, 1.165) is 12.8 Å². The molecule has 2 N–H and O–H groups in total. The molecule has 0 aromatic rings. The molecule has 0 aromatic carbocycles. The zero-order valence-electron chi connectivity index (χ0n) is 9.43. The third-order valence-corrected chi connectivity index (χ3v) is 4.21. The number of rotatable bonds is 6. The first-order chi connectivity index (χ1) is 7.41. The van der Waals surface area contributed by atoms with Gasteiger partial charge in [0.25, 0.3) is 0 Å². The number of carboxylic acids is 1. The molecule has 0 spiro atoms. The Bertz CT molecular complexity index is 312. The first-order valence-corrected chi connectivity index (χ1v) is 6.69. The van der Waals surface area contributed by atoms with E-state index in [1.807, 2.05) is 0 Å². The maximum Gasteiger partial charge on any atom is 0.319 e. The second-order valence-corrected chi connectivity index (χ2v) is 5.93. The fraction of sp³-hybridized carbons (Fsp3) is 0.800. The van der Waals surface area contributed by atoms with Gasteiger partial charge in [-0.25, -0.2) is 0 Å². The van der Waals surface area contributed by atoms with Crippen molar-refractivity contribution in [1.29, 1.82) is 0 Å². The van der Waals surface area contributed by atoms with E-state index >= 15 is 0 Å². The summed E-state index contributed by atoms with van der Waals surface area (Å²) < 4.78 is 11.7. The molecule has 0 heterocycles. The Labute approximate surface area is 97.1 Å². The Morgan fingerprint density at radius 2 is 2.00 bits per heavy atom. The van der Waals surface area contributed by atoms with Crippen LogP contribution >= 0.6 is 0 Å². The van der Waals surface area contributed by atoms with Crippen molar-refractivity contribution in [3.8, 4) is 0 Å². The van der Waals surface area contributed by atoms with Crippen molar-refractivity contribution >= 4 is 22.7 Å². The van der Waals surface area contributed by atoms with Crippen LogP contribution in [-0.4, -0.2) is 38.2 Å². The monoisotopic (exact) mass is 247 g/mol. The van der Waals surface area contributed by atoms with E-state index in [1.54, 1.807) is 13.8 Å². The highest BCUT2D eigenvalue weighted by Crippen LogP contribution is 2.18. The smallest absolute Gasteiger partial charge is 0.319 e. The van der Waals surface area contributed by atoms with Gasteiger partial charge in [-0.1, -0.05) is 13.8 Å². The van der Waals surface area contributed by atoms with Crippen LogP contribution in [-0.2, 0) is 20.4 Å². The van der Waals surface area contributed by atoms with Gasteiger partial charge in [0.2, 0.25) is 5.91 Å². The molecule has 0 bridgehead atoms. The van der Waals surface area contributed by atoms with Crippen molar-refractivity contribution in [2.24, 2.45) is 5.92 Å². The number of hydrogen-bond acceptors (Lipinski definition) is 3. The van der Waals surface area contributed by atoms with Gasteiger partial charge in [-0.05, 0) is 18.8 Å². The van der Waals surface area contributed by atoms with Gasteiger partial charge in [-0.3, -0.25) is 13.8 Å². The van der Waals surface area contributed by atoms with E-state index < -0.39 is 22.0 Å². The van der Waals surface area contributed by atoms with Gasteiger partial charge in [0.1, 0.15) is 11.0 Å². The normalized spacial score (nSPS) is 19.2. The third kappa shape index (κ3) is 3.92. The predicted octanol–water partition coefficient (Wildman–Crippen LogP) is 0.123. The lowest BCUT2D eigenvalue weighted by atomic mass is 10.1. The molecule has 1 aliphatic carbocycles. The summed E-state index contributed by atoms with van der Waals surface area (Å²) in [4.78, 5) is 22.2. The summed E-state index contributed by atoms with van der Waals surface area (Å²) in [6.07, 6.45) is 1.93. The van der Waals surface area contributed by atoms with E-state index in [2.05, 4.69) is 5.32 Å². The maximum absolute atomic E-state index is 11.7. The molecular formula is C10H17NO4S. The molecule has 1 saturated carbocycles. The van der Waals surface area contributed by atoms with Crippen LogP contribution in [0.5, 0.6) is 0 Å². The molecule has 0 aliphatic heterocycles. The van der Waals surface area contributed by atoms with E-state index in [9.17, 15) is 13.8 Å². The lowest BCUT2D eigenvalue weighted by Gasteiger charge is -2.15. The molecule has 1 aliphatic rings. The van der Waals surface area contributed by atoms with Gasteiger partial charge in [-0.15, -0.1) is 0 Å². The minimum atomic E-state index is -1.65. The molecule has 5 nitrogen and oxygen atoms in total. The minimum absolute atomic E-state index is 0.215. The summed E-state index contributed by atoms with van der Waals surface area (Å²) in [6, 6.07) is 0.215. The quantitative estimate of drug-likeness (QED) is 0.698. The number of aliphatic carboxylic acids is 1. The maximum atomic E-state index is 11.7. The van der Waals surface area contributed by atoms with Crippen molar-refractivity contribution in [3.63, 3.8) is 0 Å². The van der Waals surface area contributed by atoms with Gasteiger partial charge in [0.15, 0.2) is 0 Å². The average Bonchev–Trinajstić information content (AvgIpc) is 2.85. The van der Waals surface area contributed by atoms with Crippen LogP contribution in [0, 0.1) is 5.92 Å². The molecule has 0 radical (unpaired) electrons. The number of nitrogens with one attached hydrogen (secondary N) is 1. The van der Waals surface area contributed by atoms with E-state index in [-0.39, 0.29) is 23.6 Å². The van der Waals surface area contributed by atoms with Crippen LogP contribution in [0.2, 0.25) is 0 Å². The summed E-state index contributed by atoms with van der Waals surface area (Å²) in [7, 11) is -1.65. The largest absolute Gasteiger partial charge is 0.480 e. The lowest BCUT2D eigenvalue weighted by molar-refractivity contribution is -0.137. The highest BCUT2D eigenvalue weighted by molar-refractivity contribution is 7.87. The highest BCUT2D eigenvalue weighted by atomic mass is 32.2. The molecule has 0 saturated heterocycles. The Kier molecular flexibility index (Phi) is 4.46. The lowest BCUT2D eigenvalue weighted by Crippen LogP contribution is -2.38. The number of hydrogen-bond donors (Lipinski definition) is 2. The van der Waals surface area contributed by atoms with Crippen LogP contribution in [0.25, 0.3) is 0 Å². The van der Waals surface area contributed by atoms with Crippen molar-refractivity contribution in [2.45, 2.75) is 38.0 Å². The van der Waals surface area contributed by atoms with Crippen LogP contribution < -0.4 is 5.32 Å². The molecule has 92 valence electrons. The SMILES string of the molecule is CC(C)C(C(=O)O)S(=O)CC(=O)NC1CC1. The van der Waals surface area contributed by atoms with Crippen LogP contribution in [0.3, 0.4) is 0 Å². The number of carboxylic acid groups (broad SMARTS) is 1. The summed E-state index contributed by atoms with van der Waals surface area (Å²) in [5, 5.41) is 10.6. The van der Waals surface area contributed by atoms with Gasteiger partial charge in [0.05, 0.1) is 0 Å². The molecule has 2 atom stereocenters. The standard InChI is InChI=1S/C10H17NO4S/c1-6(2)9(10(13)14)16(15)5-8(12)11-7-3-4-7/h6-7,9H,3-5H2,1-2H3,(H,11,12)(H,13,14). The van der Waals surface area contributed by atoms with Gasteiger partial charge < -0.3 is 10.4 Å². The number of carbonyl (C=O) groups is 2. The van der Waals surface area contributed by atoms with Crippen LogP contribution in [0.4, 0.5) is 0 Å². The Morgan fingerprint density at radius 3 is 2.38 bits per heavy atom. The molecule has 1 rings (SSSR count). The zero-order valence-corrected chi connectivity index (χ0v) is 10.3. The van der Waals surface area contributed by atoms with Crippen molar-refractivity contribution in [3.05, 3.63) is 0 Å². The second-order valence-electron chi connectivity index (χ2n) is 4.37. The first kappa shape index (κ1) is 13.2. The summed E-state index contributed by atoms with van der Waals surface area (Å²) in [5.74, 6) is -1.88. The average molecular weight is 247 g/mol.